The average Bonchev–Trinajstić information content (AvgIpc) is 2.33. The highest BCUT2D eigenvalue weighted by Gasteiger charge is 2.64. The van der Waals surface area contributed by atoms with Gasteiger partial charge in [0.2, 0.25) is 0 Å². The molecular formula is C15H26O3. The summed E-state index contributed by atoms with van der Waals surface area (Å²) in [6.45, 7) is 7.45. The summed E-state index contributed by atoms with van der Waals surface area (Å²) in [5.74, 6) is -0.0614. The minimum atomic E-state index is -1.40. The van der Waals surface area contributed by atoms with Crippen molar-refractivity contribution in [1.29, 1.82) is 0 Å². The van der Waals surface area contributed by atoms with E-state index in [-0.39, 0.29) is 11.3 Å². The topological polar surface area (TPSA) is 60.7 Å². The Morgan fingerprint density at radius 3 is 2.56 bits per heavy atom. The van der Waals surface area contributed by atoms with Crippen LogP contribution in [-0.2, 0) is 0 Å². The second-order valence-corrected chi connectivity index (χ2v) is 7.10. The third kappa shape index (κ3) is 1.84. The molecule has 0 spiro atoms. The minimum Gasteiger partial charge on any atom is -0.390 e. The number of hydrogen-bond acceptors (Lipinski definition) is 3. The second kappa shape index (κ2) is 4.06. The molecule has 3 N–H and O–H groups in total. The van der Waals surface area contributed by atoms with Crippen molar-refractivity contribution < 1.29 is 15.3 Å². The molecule has 2 rings (SSSR count). The van der Waals surface area contributed by atoms with Crippen LogP contribution < -0.4 is 0 Å². The maximum Gasteiger partial charge on any atom is 0.122 e. The molecule has 1 fully saturated rings. The molecule has 4 atom stereocenters. The van der Waals surface area contributed by atoms with Crippen LogP contribution in [0.15, 0.2) is 11.6 Å². The van der Waals surface area contributed by atoms with Gasteiger partial charge in [0, 0.05) is 0 Å². The van der Waals surface area contributed by atoms with Crippen LogP contribution in [0, 0.1) is 11.3 Å². The maximum absolute atomic E-state index is 10.9. The van der Waals surface area contributed by atoms with Crippen molar-refractivity contribution in [2.45, 2.75) is 70.7 Å². The van der Waals surface area contributed by atoms with Crippen LogP contribution in [0.25, 0.3) is 0 Å². The lowest BCUT2D eigenvalue weighted by Gasteiger charge is -2.45. The number of rotatable bonds is 1. The molecule has 0 saturated heterocycles. The lowest BCUT2D eigenvalue weighted by molar-refractivity contribution is -0.200. The summed E-state index contributed by atoms with van der Waals surface area (Å²) in [5.41, 5.74) is -1.46. The Kier molecular flexibility index (Phi) is 3.16. The van der Waals surface area contributed by atoms with Crippen molar-refractivity contribution in [1.82, 2.24) is 0 Å². The third-order valence-corrected chi connectivity index (χ3v) is 5.26. The zero-order chi connectivity index (χ0) is 13.8. The predicted octanol–water partition coefficient (Wildman–Crippen LogP) is 2.01. The molecule has 1 saturated carbocycles. The van der Waals surface area contributed by atoms with E-state index in [2.05, 4.69) is 19.9 Å². The fourth-order valence-corrected chi connectivity index (χ4v) is 4.01. The van der Waals surface area contributed by atoms with Crippen LogP contribution in [0.4, 0.5) is 0 Å². The van der Waals surface area contributed by atoms with Gasteiger partial charge in [0.05, 0.1) is 11.7 Å². The van der Waals surface area contributed by atoms with Gasteiger partial charge in [0.1, 0.15) is 5.60 Å². The highest BCUT2D eigenvalue weighted by molar-refractivity contribution is 5.19. The summed E-state index contributed by atoms with van der Waals surface area (Å²) in [7, 11) is 0. The molecule has 3 heteroatoms. The molecule has 0 heterocycles. The molecular weight excluding hydrogens is 228 g/mol. The first-order valence-corrected chi connectivity index (χ1v) is 6.90. The first-order valence-electron chi connectivity index (χ1n) is 6.90. The van der Waals surface area contributed by atoms with Crippen LogP contribution >= 0.6 is 0 Å². The Morgan fingerprint density at radius 1 is 1.39 bits per heavy atom. The molecule has 0 aromatic rings. The summed E-state index contributed by atoms with van der Waals surface area (Å²) in [6.07, 6.45) is 4.57. The molecule has 2 aliphatic rings. The molecule has 0 bridgehead atoms. The number of aliphatic hydroxyl groups excluding tert-OH is 1. The van der Waals surface area contributed by atoms with Crippen molar-refractivity contribution in [2.24, 2.45) is 11.3 Å². The van der Waals surface area contributed by atoms with Gasteiger partial charge in [0.15, 0.2) is 0 Å². The Bertz CT molecular complexity index is 368. The lowest BCUT2D eigenvalue weighted by atomic mass is 9.67. The summed E-state index contributed by atoms with van der Waals surface area (Å²) >= 11 is 0. The molecule has 0 aromatic carbocycles. The predicted molar refractivity (Wildman–Crippen MR) is 71.1 cm³/mol. The molecule has 0 amide bonds. The summed E-state index contributed by atoms with van der Waals surface area (Å²) < 4.78 is 0. The van der Waals surface area contributed by atoms with Crippen molar-refractivity contribution in [3.05, 3.63) is 11.6 Å². The summed E-state index contributed by atoms with van der Waals surface area (Å²) in [4.78, 5) is 0. The minimum absolute atomic E-state index is 0.0614. The highest BCUT2D eigenvalue weighted by atomic mass is 16.4. The van der Waals surface area contributed by atoms with Crippen molar-refractivity contribution in [2.75, 3.05) is 0 Å². The van der Waals surface area contributed by atoms with Crippen LogP contribution in [0.5, 0.6) is 0 Å². The zero-order valence-corrected chi connectivity index (χ0v) is 11.9. The zero-order valence-electron chi connectivity index (χ0n) is 11.9. The SMILES string of the molecule is CC1=CCC2(C)CC(O)C(O)(C(C)(C)O)C2CC1. The van der Waals surface area contributed by atoms with Gasteiger partial charge in [-0.3, -0.25) is 0 Å². The van der Waals surface area contributed by atoms with Gasteiger partial charge in [-0.15, -0.1) is 0 Å². The fraction of sp³-hybridized carbons (Fsp3) is 0.867. The van der Waals surface area contributed by atoms with E-state index in [9.17, 15) is 15.3 Å². The number of allylic oxidation sites excluding steroid dienone is 2. The molecule has 3 nitrogen and oxygen atoms in total. The van der Waals surface area contributed by atoms with Crippen molar-refractivity contribution >= 4 is 0 Å². The molecule has 0 radical (unpaired) electrons. The number of aliphatic hydroxyl groups is 3. The van der Waals surface area contributed by atoms with Gasteiger partial charge >= 0.3 is 0 Å². The Morgan fingerprint density at radius 2 is 2.00 bits per heavy atom. The van der Waals surface area contributed by atoms with E-state index in [1.165, 1.54) is 5.57 Å². The third-order valence-electron chi connectivity index (χ3n) is 5.26. The Labute approximate surface area is 110 Å². The van der Waals surface area contributed by atoms with Crippen molar-refractivity contribution in [3.8, 4) is 0 Å². The first kappa shape index (κ1) is 14.0. The van der Waals surface area contributed by atoms with Crippen molar-refractivity contribution in [3.63, 3.8) is 0 Å². The monoisotopic (exact) mass is 254 g/mol. The van der Waals surface area contributed by atoms with E-state index in [0.29, 0.717) is 6.42 Å². The van der Waals surface area contributed by atoms with Gasteiger partial charge in [-0.1, -0.05) is 18.6 Å². The van der Waals surface area contributed by atoms with Gasteiger partial charge in [-0.05, 0) is 57.8 Å². The molecule has 104 valence electrons. The standard InChI is InChI=1S/C15H26O3/c1-10-5-6-11-14(4,8-7-10)9-12(16)15(11,18)13(2,3)17/h7,11-12,16-18H,5-6,8-9H2,1-4H3. The van der Waals surface area contributed by atoms with Crippen LogP contribution in [0.1, 0.15) is 53.4 Å². The summed E-state index contributed by atoms with van der Waals surface area (Å²) in [5, 5.41) is 31.6. The summed E-state index contributed by atoms with van der Waals surface area (Å²) in [6, 6.07) is 0. The van der Waals surface area contributed by atoms with E-state index in [1.807, 2.05) is 0 Å². The first-order chi connectivity index (χ1) is 8.11. The lowest BCUT2D eigenvalue weighted by Crippen LogP contribution is -2.60. The molecule has 0 aromatic heterocycles. The normalized spacial score (nSPS) is 45.4. The molecule has 2 aliphatic carbocycles. The maximum atomic E-state index is 10.9. The quantitative estimate of drug-likeness (QED) is 0.627. The van der Waals surface area contributed by atoms with Gasteiger partial charge in [0.25, 0.3) is 0 Å². The van der Waals surface area contributed by atoms with Gasteiger partial charge in [-0.2, -0.15) is 0 Å². The smallest absolute Gasteiger partial charge is 0.122 e. The van der Waals surface area contributed by atoms with Crippen LogP contribution in [-0.4, -0.2) is 32.6 Å². The molecule has 0 aliphatic heterocycles. The largest absolute Gasteiger partial charge is 0.390 e. The Hall–Kier alpha value is -0.380. The average molecular weight is 254 g/mol. The van der Waals surface area contributed by atoms with E-state index < -0.39 is 17.3 Å². The molecule has 18 heavy (non-hydrogen) atoms. The highest BCUT2D eigenvalue weighted by Crippen LogP contribution is 2.58. The number of hydrogen-bond donors (Lipinski definition) is 3. The van der Waals surface area contributed by atoms with E-state index in [4.69, 9.17) is 0 Å². The van der Waals surface area contributed by atoms with E-state index in [1.54, 1.807) is 13.8 Å². The second-order valence-electron chi connectivity index (χ2n) is 7.10. The van der Waals surface area contributed by atoms with Gasteiger partial charge < -0.3 is 15.3 Å². The van der Waals surface area contributed by atoms with Gasteiger partial charge in [-0.25, -0.2) is 0 Å². The van der Waals surface area contributed by atoms with Crippen LogP contribution in [0.2, 0.25) is 0 Å². The fourth-order valence-electron chi connectivity index (χ4n) is 4.01. The Balaban J connectivity index is 2.42. The number of fused-ring (bicyclic) bond motifs is 1. The molecule has 4 unspecified atom stereocenters. The van der Waals surface area contributed by atoms with E-state index in [0.717, 1.165) is 19.3 Å². The van der Waals surface area contributed by atoms with Crippen LogP contribution in [0.3, 0.4) is 0 Å². The van der Waals surface area contributed by atoms with E-state index >= 15 is 0 Å².